The quantitative estimate of drug-likeness (QED) is 0.429. The minimum Gasteiger partial charge on any atom is -0.497 e. The van der Waals surface area contributed by atoms with Crippen LogP contribution < -0.4 is 9.64 Å². The maximum absolute atomic E-state index is 13.4. The highest BCUT2D eigenvalue weighted by Gasteiger charge is 2.22. The van der Waals surface area contributed by atoms with Gasteiger partial charge in [-0.2, -0.15) is 0 Å². The number of hydrogen-bond acceptors (Lipinski definition) is 5. The molecule has 7 heteroatoms. The number of hydrogen-bond donors (Lipinski definition) is 0. The third-order valence-electron chi connectivity index (χ3n) is 5.24. The number of fused-ring (bicyclic) bond motifs is 1. The Labute approximate surface area is 179 Å². The summed E-state index contributed by atoms with van der Waals surface area (Å²) in [7, 11) is 1.62. The molecule has 0 bridgehead atoms. The summed E-state index contributed by atoms with van der Waals surface area (Å²) in [5, 5.41) is 0.727. The van der Waals surface area contributed by atoms with Crippen molar-refractivity contribution >= 4 is 32.6 Å². The van der Waals surface area contributed by atoms with E-state index in [1.807, 2.05) is 22.9 Å². The lowest BCUT2D eigenvalue weighted by molar-refractivity contribution is 0.0986. The minimum absolute atomic E-state index is 0.0586. The van der Waals surface area contributed by atoms with Crippen LogP contribution in [0.2, 0.25) is 0 Å². The van der Waals surface area contributed by atoms with E-state index in [0.29, 0.717) is 12.1 Å². The number of aryl methyl sites for hydroxylation is 3. The van der Waals surface area contributed by atoms with Crippen molar-refractivity contribution in [3.8, 4) is 5.75 Å². The maximum atomic E-state index is 13.4. The van der Waals surface area contributed by atoms with E-state index in [-0.39, 0.29) is 5.91 Å². The first-order valence-electron chi connectivity index (χ1n) is 9.85. The van der Waals surface area contributed by atoms with Gasteiger partial charge in [-0.3, -0.25) is 9.69 Å². The van der Waals surface area contributed by atoms with Crippen molar-refractivity contribution in [1.82, 2.24) is 14.5 Å². The number of thiazole rings is 1. The molecule has 2 heterocycles. The highest BCUT2D eigenvalue weighted by molar-refractivity contribution is 7.22. The number of nitrogens with zero attached hydrogens (tertiary/aromatic N) is 4. The Bertz CT molecular complexity index is 1150. The number of carbonyl (C=O) groups excluding carboxylic acids is 1. The first-order chi connectivity index (χ1) is 14.6. The molecular weight excluding hydrogens is 396 g/mol. The second-order valence-electron chi connectivity index (χ2n) is 7.19. The zero-order valence-electron chi connectivity index (χ0n) is 17.3. The molecule has 6 nitrogen and oxygen atoms in total. The van der Waals surface area contributed by atoms with Gasteiger partial charge in [-0.25, -0.2) is 9.97 Å². The third kappa shape index (κ3) is 4.07. The minimum atomic E-state index is -0.0586. The highest BCUT2D eigenvalue weighted by Crippen LogP contribution is 2.33. The normalized spacial score (nSPS) is 11.0. The second-order valence-corrected chi connectivity index (χ2v) is 8.20. The highest BCUT2D eigenvalue weighted by atomic mass is 32.1. The summed E-state index contributed by atoms with van der Waals surface area (Å²) in [6, 6.07) is 11.4. The number of anilines is 1. The number of carbonyl (C=O) groups is 1. The molecule has 154 valence electrons. The van der Waals surface area contributed by atoms with Gasteiger partial charge in [-0.05, 0) is 61.7 Å². The molecule has 0 radical (unpaired) electrons. The van der Waals surface area contributed by atoms with E-state index in [2.05, 4.69) is 31.0 Å². The molecule has 0 saturated carbocycles. The van der Waals surface area contributed by atoms with Crippen LogP contribution in [0.1, 0.15) is 27.9 Å². The van der Waals surface area contributed by atoms with Gasteiger partial charge in [0, 0.05) is 31.0 Å². The molecule has 0 aliphatic rings. The SMILES string of the molecule is COc1ccc(C(=O)N(CCCn2ccnc2)c2nc3c(C)c(C)ccc3s2)cc1. The standard InChI is InChI=1S/C23H24N4O2S/c1-16-5-10-20-21(17(16)2)25-23(30-20)27(13-4-12-26-14-11-24-15-26)22(28)18-6-8-19(29-3)9-7-18/h5-11,14-15H,4,12-13H2,1-3H3. The molecule has 0 fully saturated rings. The Morgan fingerprint density at radius 3 is 2.67 bits per heavy atom. The summed E-state index contributed by atoms with van der Waals surface area (Å²) >= 11 is 1.56. The molecule has 1 amide bonds. The van der Waals surface area contributed by atoms with Gasteiger partial charge in [0.2, 0.25) is 0 Å². The number of benzene rings is 2. The third-order valence-corrected chi connectivity index (χ3v) is 6.29. The molecular formula is C23H24N4O2S. The largest absolute Gasteiger partial charge is 0.497 e. The number of ether oxygens (including phenoxy) is 1. The fourth-order valence-corrected chi connectivity index (χ4v) is 4.38. The first-order valence-corrected chi connectivity index (χ1v) is 10.7. The topological polar surface area (TPSA) is 60.2 Å². The average Bonchev–Trinajstić information content (AvgIpc) is 3.44. The Morgan fingerprint density at radius 2 is 1.97 bits per heavy atom. The van der Waals surface area contributed by atoms with E-state index in [1.54, 1.807) is 48.0 Å². The molecule has 30 heavy (non-hydrogen) atoms. The van der Waals surface area contributed by atoms with E-state index in [4.69, 9.17) is 9.72 Å². The van der Waals surface area contributed by atoms with Crippen molar-refractivity contribution in [2.45, 2.75) is 26.8 Å². The van der Waals surface area contributed by atoms with E-state index in [9.17, 15) is 4.79 Å². The lowest BCUT2D eigenvalue weighted by atomic mass is 10.1. The van der Waals surface area contributed by atoms with Crippen molar-refractivity contribution in [3.63, 3.8) is 0 Å². The fourth-order valence-electron chi connectivity index (χ4n) is 3.33. The van der Waals surface area contributed by atoms with Gasteiger partial charge >= 0.3 is 0 Å². The summed E-state index contributed by atoms with van der Waals surface area (Å²) in [4.78, 5) is 24.1. The average molecular weight is 421 g/mol. The molecule has 2 aromatic carbocycles. The summed E-state index contributed by atoms with van der Waals surface area (Å²) in [5.74, 6) is 0.668. The van der Waals surface area contributed by atoms with Crippen LogP contribution in [0.25, 0.3) is 10.2 Å². The van der Waals surface area contributed by atoms with Crippen LogP contribution in [0.3, 0.4) is 0 Å². The smallest absolute Gasteiger partial charge is 0.260 e. The molecule has 0 spiro atoms. The number of amides is 1. The number of rotatable bonds is 7. The van der Waals surface area contributed by atoms with E-state index in [1.165, 1.54) is 5.56 Å². The molecule has 2 aromatic heterocycles. The molecule has 4 aromatic rings. The summed E-state index contributed by atoms with van der Waals surface area (Å²) < 4.78 is 8.33. The van der Waals surface area contributed by atoms with E-state index < -0.39 is 0 Å². The second kappa shape index (κ2) is 8.67. The van der Waals surface area contributed by atoms with Gasteiger partial charge in [-0.1, -0.05) is 17.4 Å². The number of imidazole rings is 1. The van der Waals surface area contributed by atoms with Gasteiger partial charge in [0.15, 0.2) is 5.13 Å². The van der Waals surface area contributed by atoms with Crippen molar-refractivity contribution < 1.29 is 9.53 Å². The van der Waals surface area contributed by atoms with Crippen LogP contribution in [0.15, 0.2) is 55.1 Å². The monoisotopic (exact) mass is 420 g/mol. The molecule has 0 N–H and O–H groups in total. The Hall–Kier alpha value is -3.19. The lowest BCUT2D eigenvalue weighted by Crippen LogP contribution is -2.32. The van der Waals surface area contributed by atoms with Gasteiger partial charge in [-0.15, -0.1) is 0 Å². The van der Waals surface area contributed by atoms with Crippen LogP contribution in [-0.4, -0.2) is 34.1 Å². The number of methoxy groups -OCH3 is 1. The summed E-state index contributed by atoms with van der Waals surface area (Å²) in [6.07, 6.45) is 6.28. The van der Waals surface area contributed by atoms with Gasteiger partial charge < -0.3 is 9.30 Å². The van der Waals surface area contributed by atoms with Crippen LogP contribution in [0.4, 0.5) is 5.13 Å². The zero-order chi connectivity index (χ0) is 21.1. The first kappa shape index (κ1) is 20.1. The van der Waals surface area contributed by atoms with Gasteiger partial charge in [0.25, 0.3) is 5.91 Å². The van der Waals surface area contributed by atoms with Gasteiger partial charge in [0.1, 0.15) is 5.75 Å². The van der Waals surface area contributed by atoms with Crippen molar-refractivity contribution in [1.29, 1.82) is 0 Å². The molecule has 0 aliphatic carbocycles. The van der Waals surface area contributed by atoms with E-state index in [0.717, 1.165) is 39.6 Å². The Kier molecular flexibility index (Phi) is 5.81. The van der Waals surface area contributed by atoms with Crippen molar-refractivity contribution in [2.75, 3.05) is 18.6 Å². The van der Waals surface area contributed by atoms with Gasteiger partial charge in [0.05, 0.1) is 23.7 Å². The Balaban J connectivity index is 1.65. The maximum Gasteiger partial charge on any atom is 0.260 e. The zero-order valence-corrected chi connectivity index (χ0v) is 18.1. The fraction of sp³-hybridized carbons (Fsp3) is 0.261. The van der Waals surface area contributed by atoms with Crippen LogP contribution >= 0.6 is 11.3 Å². The van der Waals surface area contributed by atoms with E-state index >= 15 is 0 Å². The van der Waals surface area contributed by atoms with Crippen LogP contribution in [-0.2, 0) is 6.54 Å². The molecule has 4 rings (SSSR count). The molecule has 0 atom stereocenters. The Morgan fingerprint density at radius 1 is 1.17 bits per heavy atom. The van der Waals surface area contributed by atoms with Crippen LogP contribution in [0.5, 0.6) is 5.75 Å². The van der Waals surface area contributed by atoms with Crippen molar-refractivity contribution in [3.05, 3.63) is 71.8 Å². The number of aromatic nitrogens is 3. The molecule has 0 unspecified atom stereocenters. The summed E-state index contributed by atoms with van der Waals surface area (Å²) in [6.45, 7) is 5.52. The van der Waals surface area contributed by atoms with Crippen molar-refractivity contribution in [2.24, 2.45) is 0 Å². The molecule has 0 saturated heterocycles. The molecule has 0 aliphatic heterocycles. The summed E-state index contributed by atoms with van der Waals surface area (Å²) in [5.41, 5.74) is 3.94. The predicted octanol–water partition coefficient (Wildman–Crippen LogP) is 4.86. The lowest BCUT2D eigenvalue weighted by Gasteiger charge is -2.20. The van der Waals surface area contributed by atoms with Crippen LogP contribution in [0, 0.1) is 13.8 Å². The predicted molar refractivity (Wildman–Crippen MR) is 121 cm³/mol.